The van der Waals surface area contributed by atoms with Gasteiger partial charge < -0.3 is 9.84 Å². The van der Waals surface area contributed by atoms with Crippen LogP contribution in [-0.2, 0) is 11.2 Å². The molecule has 16 heavy (non-hydrogen) atoms. The van der Waals surface area contributed by atoms with Gasteiger partial charge in [-0.1, -0.05) is 34.1 Å². The lowest BCUT2D eigenvalue weighted by Gasteiger charge is -2.28. The molecule has 1 N–H and O–H groups in total. The number of hydrogen-bond donors (Lipinski definition) is 1. The molecular weight excluding hydrogens is 268 g/mol. The maximum atomic E-state index is 10.6. The fourth-order valence-electron chi connectivity index (χ4n) is 2.16. The van der Waals surface area contributed by atoms with Crippen molar-refractivity contribution in [1.29, 1.82) is 0 Å². The van der Waals surface area contributed by atoms with Gasteiger partial charge in [-0.2, -0.15) is 0 Å². The largest absolute Gasteiger partial charge is 0.387 e. The van der Waals surface area contributed by atoms with Gasteiger partial charge in [0.2, 0.25) is 0 Å². The second-order valence-electron chi connectivity index (χ2n) is 4.58. The summed E-state index contributed by atoms with van der Waals surface area (Å²) in [6.45, 7) is 0.416. The topological polar surface area (TPSA) is 29.5 Å². The van der Waals surface area contributed by atoms with E-state index in [4.69, 9.17) is 4.74 Å². The monoisotopic (exact) mass is 284 g/mol. The number of benzene rings is 1. The van der Waals surface area contributed by atoms with Crippen molar-refractivity contribution < 1.29 is 9.84 Å². The van der Waals surface area contributed by atoms with Crippen LogP contribution in [0.2, 0.25) is 0 Å². The van der Waals surface area contributed by atoms with E-state index in [2.05, 4.69) is 15.9 Å². The van der Waals surface area contributed by atoms with E-state index in [1.165, 1.54) is 0 Å². The molecule has 2 nitrogen and oxygen atoms in total. The summed E-state index contributed by atoms with van der Waals surface area (Å²) < 4.78 is 6.22. The second kappa shape index (κ2) is 4.86. The molecule has 0 aliphatic heterocycles. The summed E-state index contributed by atoms with van der Waals surface area (Å²) in [4.78, 5) is 0. The van der Waals surface area contributed by atoms with Gasteiger partial charge in [-0.05, 0) is 30.4 Å². The summed E-state index contributed by atoms with van der Waals surface area (Å²) in [6.07, 6.45) is 2.89. The Morgan fingerprint density at radius 3 is 2.69 bits per heavy atom. The van der Waals surface area contributed by atoms with Gasteiger partial charge in [-0.15, -0.1) is 0 Å². The highest BCUT2D eigenvalue weighted by Crippen LogP contribution is 2.42. The first-order valence-electron chi connectivity index (χ1n) is 5.60. The molecule has 1 saturated carbocycles. The zero-order valence-electron chi connectivity index (χ0n) is 9.45. The third kappa shape index (κ3) is 2.65. The lowest BCUT2D eigenvalue weighted by Crippen LogP contribution is -2.39. The Bertz CT molecular complexity index is 363. The smallest absolute Gasteiger partial charge is 0.0948 e. The minimum absolute atomic E-state index is 0.402. The maximum absolute atomic E-state index is 10.6. The Hall–Kier alpha value is -0.380. The molecule has 88 valence electrons. The lowest BCUT2D eigenvalue weighted by atomic mass is 9.90. The van der Waals surface area contributed by atoms with E-state index in [-0.39, 0.29) is 0 Å². The highest BCUT2D eigenvalue weighted by atomic mass is 79.9. The summed E-state index contributed by atoms with van der Waals surface area (Å²) in [7, 11) is 1.65. The highest BCUT2D eigenvalue weighted by molar-refractivity contribution is 9.10. The molecule has 0 radical (unpaired) electrons. The van der Waals surface area contributed by atoms with Crippen LogP contribution in [0.1, 0.15) is 18.4 Å². The van der Waals surface area contributed by atoms with E-state index in [9.17, 15) is 5.11 Å². The number of halogens is 1. The first-order chi connectivity index (χ1) is 7.65. The Balaban J connectivity index is 2.14. The molecule has 1 atom stereocenters. The molecule has 3 heteroatoms. The van der Waals surface area contributed by atoms with Crippen LogP contribution in [0.25, 0.3) is 0 Å². The van der Waals surface area contributed by atoms with Gasteiger partial charge in [-0.25, -0.2) is 0 Å². The molecule has 1 aliphatic rings. The van der Waals surface area contributed by atoms with Crippen molar-refractivity contribution in [3.8, 4) is 0 Å². The minimum Gasteiger partial charge on any atom is -0.387 e. The van der Waals surface area contributed by atoms with Gasteiger partial charge in [0.25, 0.3) is 0 Å². The normalized spacial score (nSPS) is 19.4. The predicted octanol–water partition coefficient (Wildman–Crippen LogP) is 2.78. The van der Waals surface area contributed by atoms with E-state index in [1.807, 2.05) is 24.3 Å². The number of methoxy groups -OCH3 is 1. The van der Waals surface area contributed by atoms with Gasteiger partial charge in [0, 0.05) is 18.0 Å². The van der Waals surface area contributed by atoms with Crippen LogP contribution in [0.5, 0.6) is 0 Å². The number of rotatable bonds is 5. The van der Waals surface area contributed by atoms with Crippen molar-refractivity contribution in [2.24, 2.45) is 5.92 Å². The average molecular weight is 285 g/mol. The number of hydrogen-bond acceptors (Lipinski definition) is 2. The van der Waals surface area contributed by atoms with Gasteiger partial charge in [0.15, 0.2) is 0 Å². The van der Waals surface area contributed by atoms with Gasteiger partial charge >= 0.3 is 0 Å². The van der Waals surface area contributed by atoms with Crippen LogP contribution in [0.15, 0.2) is 28.7 Å². The molecule has 1 fully saturated rings. The van der Waals surface area contributed by atoms with E-state index < -0.39 is 5.60 Å². The second-order valence-corrected chi connectivity index (χ2v) is 5.43. The Labute approximate surface area is 105 Å². The summed E-state index contributed by atoms with van der Waals surface area (Å²) >= 11 is 3.52. The van der Waals surface area contributed by atoms with Crippen LogP contribution in [0.4, 0.5) is 0 Å². The Morgan fingerprint density at radius 2 is 2.12 bits per heavy atom. The summed E-state index contributed by atoms with van der Waals surface area (Å²) in [5.41, 5.74) is 0.451. The Kier molecular flexibility index (Phi) is 3.67. The highest BCUT2D eigenvalue weighted by Gasteiger charge is 2.43. The van der Waals surface area contributed by atoms with Crippen LogP contribution in [0, 0.1) is 5.92 Å². The third-order valence-electron chi connectivity index (χ3n) is 3.19. The number of ether oxygens (including phenoxy) is 1. The molecule has 1 aromatic carbocycles. The molecule has 0 bridgehead atoms. The lowest BCUT2D eigenvalue weighted by molar-refractivity contribution is -0.0475. The van der Waals surface area contributed by atoms with E-state index in [0.717, 1.165) is 22.9 Å². The zero-order valence-corrected chi connectivity index (χ0v) is 11.0. The van der Waals surface area contributed by atoms with Gasteiger partial charge in [-0.3, -0.25) is 0 Å². The van der Waals surface area contributed by atoms with Crippen molar-refractivity contribution in [3.63, 3.8) is 0 Å². The molecule has 0 spiro atoms. The fraction of sp³-hybridized carbons (Fsp3) is 0.538. The minimum atomic E-state index is -0.696. The standard InChI is InChI=1S/C13H17BrO2/c1-16-9-13(15,11-6-7-11)8-10-4-2-3-5-12(10)14/h2-5,11,15H,6-9H2,1H3. The molecule has 0 amide bonds. The van der Waals surface area contributed by atoms with Crippen LogP contribution < -0.4 is 0 Å². The SMILES string of the molecule is COCC(O)(Cc1ccccc1Br)C1CC1. The molecule has 0 heterocycles. The van der Waals surface area contributed by atoms with Crippen molar-refractivity contribution >= 4 is 15.9 Å². The maximum Gasteiger partial charge on any atom is 0.0948 e. The first kappa shape index (κ1) is 12.1. The third-order valence-corrected chi connectivity index (χ3v) is 3.96. The van der Waals surface area contributed by atoms with E-state index in [0.29, 0.717) is 18.9 Å². The first-order valence-corrected chi connectivity index (χ1v) is 6.40. The zero-order chi connectivity index (χ0) is 11.6. The van der Waals surface area contributed by atoms with Crippen LogP contribution in [-0.4, -0.2) is 24.4 Å². The Morgan fingerprint density at radius 1 is 1.44 bits per heavy atom. The molecule has 2 rings (SSSR count). The molecular formula is C13H17BrO2. The molecule has 0 aromatic heterocycles. The molecule has 1 aromatic rings. The van der Waals surface area contributed by atoms with Gasteiger partial charge in [0.1, 0.15) is 0 Å². The molecule has 0 saturated heterocycles. The van der Waals surface area contributed by atoms with Crippen LogP contribution >= 0.6 is 15.9 Å². The van der Waals surface area contributed by atoms with E-state index in [1.54, 1.807) is 7.11 Å². The van der Waals surface area contributed by atoms with Crippen molar-refractivity contribution in [2.45, 2.75) is 24.9 Å². The van der Waals surface area contributed by atoms with Gasteiger partial charge in [0.05, 0.1) is 12.2 Å². The van der Waals surface area contributed by atoms with Crippen molar-refractivity contribution in [1.82, 2.24) is 0 Å². The average Bonchev–Trinajstić information content (AvgIpc) is 3.05. The predicted molar refractivity (Wildman–Crippen MR) is 67.4 cm³/mol. The van der Waals surface area contributed by atoms with Crippen molar-refractivity contribution in [3.05, 3.63) is 34.3 Å². The molecule has 1 aliphatic carbocycles. The fourth-order valence-corrected chi connectivity index (χ4v) is 2.58. The van der Waals surface area contributed by atoms with Crippen LogP contribution in [0.3, 0.4) is 0 Å². The number of aliphatic hydroxyl groups is 1. The van der Waals surface area contributed by atoms with Crippen molar-refractivity contribution in [2.75, 3.05) is 13.7 Å². The summed E-state index contributed by atoms with van der Waals surface area (Å²) in [5, 5.41) is 10.6. The van der Waals surface area contributed by atoms with E-state index >= 15 is 0 Å². The molecule has 1 unspecified atom stereocenters. The quantitative estimate of drug-likeness (QED) is 0.901. The summed E-state index contributed by atoms with van der Waals surface area (Å²) in [5.74, 6) is 0.402. The summed E-state index contributed by atoms with van der Waals surface area (Å²) in [6, 6.07) is 8.04.